The third kappa shape index (κ3) is 6.22. The Hall–Kier alpha value is -2.15. The van der Waals surface area contributed by atoms with E-state index in [1.165, 1.54) is 12.1 Å². The third-order valence-electron chi connectivity index (χ3n) is 2.97. The van der Waals surface area contributed by atoms with Gasteiger partial charge in [0.05, 0.1) is 0 Å². The topological polar surface area (TPSA) is 98.7 Å². The lowest BCUT2D eigenvalue weighted by atomic mass is 10.1. The van der Waals surface area contributed by atoms with E-state index >= 15 is 0 Å². The zero-order valence-electron chi connectivity index (χ0n) is 11.7. The van der Waals surface area contributed by atoms with Gasteiger partial charge in [-0.05, 0) is 36.6 Å². The molecule has 0 aliphatic heterocycles. The number of nitrogens with one attached hydrogen (secondary N) is 2. The van der Waals surface area contributed by atoms with Crippen LogP contribution < -0.4 is 10.6 Å². The lowest BCUT2D eigenvalue weighted by Crippen LogP contribution is -2.38. The molecule has 0 spiro atoms. The summed E-state index contributed by atoms with van der Waals surface area (Å²) >= 11 is 0. The second-order valence-corrected chi connectivity index (χ2v) is 4.65. The Morgan fingerprint density at radius 1 is 1.29 bits per heavy atom. The maximum Gasteiger partial charge on any atom is 0.332 e. The molecule has 2 amide bonds. The van der Waals surface area contributed by atoms with Gasteiger partial charge < -0.3 is 20.8 Å². The molecule has 116 valence electrons. The predicted octanol–water partition coefficient (Wildman–Crippen LogP) is 0.811. The van der Waals surface area contributed by atoms with Gasteiger partial charge in [-0.15, -0.1) is 0 Å². The number of hydrogen-bond acceptors (Lipinski definition) is 3. The highest BCUT2D eigenvalue weighted by Gasteiger charge is 2.12. The number of aryl methyl sites for hydroxylation is 1. The second kappa shape index (κ2) is 8.21. The lowest BCUT2D eigenvalue weighted by Gasteiger charge is -2.10. The van der Waals surface area contributed by atoms with Crippen molar-refractivity contribution in [2.45, 2.75) is 25.9 Å². The van der Waals surface area contributed by atoms with E-state index in [9.17, 15) is 14.0 Å². The number of carbonyl (C=O) groups is 2. The predicted molar refractivity (Wildman–Crippen MR) is 74.5 cm³/mol. The summed E-state index contributed by atoms with van der Waals surface area (Å²) in [4.78, 5) is 21.8. The monoisotopic (exact) mass is 298 g/mol. The fourth-order valence-corrected chi connectivity index (χ4v) is 1.76. The minimum Gasteiger partial charge on any atom is -0.479 e. The average molecular weight is 298 g/mol. The summed E-state index contributed by atoms with van der Waals surface area (Å²) in [6.07, 6.45) is -0.968. The normalized spacial score (nSPS) is 11.8. The Morgan fingerprint density at radius 2 is 1.95 bits per heavy atom. The average Bonchev–Trinajstić information content (AvgIpc) is 2.41. The van der Waals surface area contributed by atoms with Gasteiger partial charge in [0.2, 0.25) is 0 Å². The summed E-state index contributed by atoms with van der Waals surface area (Å²) in [6, 6.07) is 4.04. The molecule has 0 aliphatic rings. The maximum atomic E-state index is 12.9. The molecule has 21 heavy (non-hydrogen) atoms. The van der Waals surface area contributed by atoms with Crippen molar-refractivity contribution in [1.82, 2.24) is 10.6 Å². The van der Waals surface area contributed by atoms with Crippen LogP contribution >= 0.6 is 0 Å². The van der Waals surface area contributed by atoms with Gasteiger partial charge in [-0.25, -0.2) is 14.0 Å². The van der Waals surface area contributed by atoms with Crippen molar-refractivity contribution in [2.24, 2.45) is 0 Å². The van der Waals surface area contributed by atoms with Crippen LogP contribution in [0.1, 0.15) is 17.5 Å². The standard InChI is InChI=1S/C14H19FN2O4/c1-9-8-11(15)3-2-10(9)4-6-16-14(21)17-7-5-12(18)13(19)20/h2-3,8,12,18H,4-7H2,1H3,(H,19,20)(H2,16,17,21)/t12-/m0/s1. The summed E-state index contributed by atoms with van der Waals surface area (Å²) in [5.74, 6) is -1.61. The van der Waals surface area contributed by atoms with E-state index in [4.69, 9.17) is 10.2 Å². The van der Waals surface area contributed by atoms with Crippen LogP contribution in [0.5, 0.6) is 0 Å². The number of hydrogen-bond donors (Lipinski definition) is 4. The van der Waals surface area contributed by atoms with Gasteiger partial charge in [-0.1, -0.05) is 6.07 Å². The number of rotatable bonds is 7. The van der Waals surface area contributed by atoms with Crippen molar-refractivity contribution >= 4 is 12.0 Å². The van der Waals surface area contributed by atoms with Crippen molar-refractivity contribution in [3.05, 3.63) is 35.1 Å². The molecule has 0 radical (unpaired) electrons. The minimum absolute atomic E-state index is 0.0557. The van der Waals surface area contributed by atoms with E-state index in [1.54, 1.807) is 13.0 Å². The first kappa shape index (κ1) is 16.9. The molecule has 1 rings (SSSR count). The van der Waals surface area contributed by atoms with Crippen LogP contribution in [0.25, 0.3) is 0 Å². The SMILES string of the molecule is Cc1cc(F)ccc1CCNC(=O)NCC[C@H](O)C(=O)O. The molecule has 4 N–H and O–H groups in total. The largest absolute Gasteiger partial charge is 0.479 e. The van der Waals surface area contributed by atoms with Gasteiger partial charge >= 0.3 is 12.0 Å². The molecule has 0 aliphatic carbocycles. The molecular weight excluding hydrogens is 279 g/mol. The molecule has 0 aromatic heterocycles. The van der Waals surface area contributed by atoms with Crippen LogP contribution in [-0.4, -0.2) is 41.4 Å². The van der Waals surface area contributed by atoms with Crippen LogP contribution in [0.2, 0.25) is 0 Å². The van der Waals surface area contributed by atoms with Gasteiger partial charge in [0.15, 0.2) is 6.10 Å². The summed E-state index contributed by atoms with van der Waals surface area (Å²) in [7, 11) is 0. The number of amides is 2. The molecule has 0 saturated carbocycles. The summed E-state index contributed by atoms with van der Waals surface area (Å²) < 4.78 is 12.9. The number of urea groups is 1. The van der Waals surface area contributed by atoms with E-state index in [0.717, 1.165) is 11.1 Å². The van der Waals surface area contributed by atoms with Crippen LogP contribution in [0.3, 0.4) is 0 Å². The highest BCUT2D eigenvalue weighted by molar-refractivity contribution is 5.74. The van der Waals surface area contributed by atoms with E-state index in [-0.39, 0.29) is 18.8 Å². The summed E-state index contributed by atoms with van der Waals surface area (Å²) in [6.45, 7) is 2.24. The number of aliphatic hydroxyl groups is 1. The Balaban J connectivity index is 2.23. The van der Waals surface area contributed by atoms with Crippen molar-refractivity contribution in [2.75, 3.05) is 13.1 Å². The first-order chi connectivity index (χ1) is 9.90. The number of carboxylic acids is 1. The first-order valence-corrected chi connectivity index (χ1v) is 6.57. The molecule has 6 nitrogen and oxygen atoms in total. The van der Waals surface area contributed by atoms with Gasteiger partial charge in [0, 0.05) is 19.5 Å². The second-order valence-electron chi connectivity index (χ2n) is 4.65. The number of carbonyl (C=O) groups excluding carboxylic acids is 1. The number of aliphatic hydroxyl groups excluding tert-OH is 1. The minimum atomic E-state index is -1.48. The molecule has 0 bridgehead atoms. The fraction of sp³-hybridized carbons (Fsp3) is 0.429. The highest BCUT2D eigenvalue weighted by atomic mass is 19.1. The Labute approximate surface area is 122 Å². The Bertz CT molecular complexity index is 508. The molecule has 1 atom stereocenters. The molecule has 1 aromatic carbocycles. The number of halogens is 1. The molecule has 0 unspecified atom stereocenters. The fourth-order valence-electron chi connectivity index (χ4n) is 1.76. The molecule has 0 fully saturated rings. The van der Waals surface area contributed by atoms with E-state index in [2.05, 4.69) is 10.6 Å². The quantitative estimate of drug-likeness (QED) is 0.598. The smallest absolute Gasteiger partial charge is 0.332 e. The van der Waals surface area contributed by atoms with Crippen molar-refractivity contribution in [3.63, 3.8) is 0 Å². The summed E-state index contributed by atoms with van der Waals surface area (Å²) in [5, 5.41) is 22.5. The van der Waals surface area contributed by atoms with E-state index < -0.39 is 18.1 Å². The van der Waals surface area contributed by atoms with Gasteiger partial charge in [0.25, 0.3) is 0 Å². The van der Waals surface area contributed by atoms with Gasteiger partial charge in [-0.2, -0.15) is 0 Å². The number of benzene rings is 1. The van der Waals surface area contributed by atoms with E-state index in [0.29, 0.717) is 13.0 Å². The number of aliphatic carboxylic acids is 1. The van der Waals surface area contributed by atoms with Gasteiger partial charge in [0.1, 0.15) is 5.82 Å². The van der Waals surface area contributed by atoms with Gasteiger partial charge in [-0.3, -0.25) is 0 Å². The number of carboxylic acid groups (broad SMARTS) is 1. The third-order valence-corrected chi connectivity index (χ3v) is 2.97. The van der Waals surface area contributed by atoms with Crippen LogP contribution in [0.4, 0.5) is 9.18 Å². The Morgan fingerprint density at radius 3 is 2.57 bits per heavy atom. The molecule has 0 saturated heterocycles. The molecular formula is C14H19FN2O4. The Kier molecular flexibility index (Phi) is 6.61. The highest BCUT2D eigenvalue weighted by Crippen LogP contribution is 2.10. The van der Waals surface area contributed by atoms with Crippen LogP contribution in [-0.2, 0) is 11.2 Å². The maximum absolute atomic E-state index is 12.9. The molecule has 1 aromatic rings. The zero-order valence-corrected chi connectivity index (χ0v) is 11.7. The lowest BCUT2D eigenvalue weighted by molar-refractivity contribution is -0.146. The zero-order chi connectivity index (χ0) is 15.8. The van der Waals surface area contributed by atoms with Crippen LogP contribution in [0, 0.1) is 12.7 Å². The van der Waals surface area contributed by atoms with Crippen molar-refractivity contribution in [3.8, 4) is 0 Å². The molecule has 0 heterocycles. The van der Waals surface area contributed by atoms with Crippen molar-refractivity contribution in [1.29, 1.82) is 0 Å². The molecule has 7 heteroatoms. The van der Waals surface area contributed by atoms with Crippen molar-refractivity contribution < 1.29 is 24.2 Å². The first-order valence-electron chi connectivity index (χ1n) is 6.57. The van der Waals surface area contributed by atoms with Crippen LogP contribution in [0.15, 0.2) is 18.2 Å². The van der Waals surface area contributed by atoms with E-state index in [1.807, 2.05) is 0 Å². The summed E-state index contributed by atoms with van der Waals surface area (Å²) in [5.41, 5.74) is 1.76.